The summed E-state index contributed by atoms with van der Waals surface area (Å²) in [6, 6.07) is 4.46. The first-order valence-corrected chi connectivity index (χ1v) is 7.81. The maximum Gasteiger partial charge on any atom is 0.237 e. The van der Waals surface area contributed by atoms with Gasteiger partial charge in [0.2, 0.25) is 5.88 Å². The predicted octanol–water partition coefficient (Wildman–Crippen LogP) is 3.01. The van der Waals surface area contributed by atoms with Crippen LogP contribution in [0.4, 0.5) is 5.69 Å². The molecule has 1 aromatic rings. The molecule has 0 bridgehead atoms. The Labute approximate surface area is 122 Å². The van der Waals surface area contributed by atoms with E-state index >= 15 is 0 Å². The van der Waals surface area contributed by atoms with E-state index in [1.807, 2.05) is 13.0 Å². The van der Waals surface area contributed by atoms with Gasteiger partial charge in [-0.05, 0) is 64.4 Å². The molecule has 112 valence electrons. The van der Waals surface area contributed by atoms with Crippen molar-refractivity contribution < 1.29 is 4.74 Å². The van der Waals surface area contributed by atoms with Gasteiger partial charge in [-0.1, -0.05) is 6.92 Å². The summed E-state index contributed by atoms with van der Waals surface area (Å²) >= 11 is 0. The highest BCUT2D eigenvalue weighted by Crippen LogP contribution is 2.26. The number of pyridine rings is 1. The van der Waals surface area contributed by atoms with E-state index in [4.69, 9.17) is 4.74 Å². The zero-order chi connectivity index (χ0) is 14.4. The Hall–Kier alpha value is -1.29. The first-order valence-electron chi connectivity index (χ1n) is 7.81. The van der Waals surface area contributed by atoms with Gasteiger partial charge in [0.05, 0.1) is 12.3 Å². The molecule has 2 heterocycles. The molecule has 2 rings (SSSR count). The van der Waals surface area contributed by atoms with Crippen molar-refractivity contribution in [1.29, 1.82) is 0 Å². The van der Waals surface area contributed by atoms with Crippen molar-refractivity contribution in [2.75, 3.05) is 31.6 Å². The van der Waals surface area contributed by atoms with Crippen molar-refractivity contribution in [2.24, 2.45) is 5.92 Å². The summed E-state index contributed by atoms with van der Waals surface area (Å²) in [5.74, 6) is 1.44. The molecule has 4 heteroatoms. The van der Waals surface area contributed by atoms with Crippen LogP contribution < -0.4 is 10.1 Å². The van der Waals surface area contributed by atoms with E-state index in [2.05, 4.69) is 35.1 Å². The Bertz CT molecular complexity index is 402. The molecule has 0 amide bonds. The third-order valence-corrected chi connectivity index (χ3v) is 4.22. The molecule has 1 unspecified atom stereocenters. The largest absolute Gasteiger partial charge is 0.476 e. The van der Waals surface area contributed by atoms with Crippen LogP contribution in [0.5, 0.6) is 5.88 Å². The Kier molecular flexibility index (Phi) is 5.65. The number of hydrogen-bond donors (Lipinski definition) is 1. The summed E-state index contributed by atoms with van der Waals surface area (Å²) < 4.78 is 5.58. The lowest BCUT2D eigenvalue weighted by Crippen LogP contribution is -2.39. The maximum absolute atomic E-state index is 5.58. The Morgan fingerprint density at radius 3 is 2.80 bits per heavy atom. The summed E-state index contributed by atoms with van der Waals surface area (Å²) in [4.78, 5) is 6.83. The second kappa shape index (κ2) is 7.48. The molecular formula is C16H27N3O. The molecule has 20 heavy (non-hydrogen) atoms. The molecule has 1 aliphatic rings. The zero-order valence-corrected chi connectivity index (χ0v) is 12.9. The fraction of sp³-hybridized carbons (Fsp3) is 0.688. The second-order valence-corrected chi connectivity index (χ2v) is 5.49. The van der Waals surface area contributed by atoms with E-state index in [-0.39, 0.29) is 0 Å². The molecule has 0 aromatic carbocycles. The predicted molar refractivity (Wildman–Crippen MR) is 83.3 cm³/mol. The second-order valence-electron chi connectivity index (χ2n) is 5.49. The molecule has 1 atom stereocenters. The smallest absolute Gasteiger partial charge is 0.237 e. The van der Waals surface area contributed by atoms with E-state index < -0.39 is 0 Å². The molecule has 0 saturated carbocycles. The van der Waals surface area contributed by atoms with Gasteiger partial charge in [0.25, 0.3) is 0 Å². The highest BCUT2D eigenvalue weighted by atomic mass is 16.5. The SMILES string of the molecule is CCOc1ncccc1NC(C)C1CCN(CC)CC1. The van der Waals surface area contributed by atoms with E-state index in [9.17, 15) is 0 Å². The van der Waals surface area contributed by atoms with Gasteiger partial charge in [0, 0.05) is 12.2 Å². The minimum Gasteiger partial charge on any atom is -0.476 e. The average Bonchev–Trinajstić information content (AvgIpc) is 2.49. The zero-order valence-electron chi connectivity index (χ0n) is 12.9. The molecule has 1 fully saturated rings. The van der Waals surface area contributed by atoms with Gasteiger partial charge >= 0.3 is 0 Å². The van der Waals surface area contributed by atoms with E-state index in [0.29, 0.717) is 18.5 Å². The molecule has 0 radical (unpaired) electrons. The Morgan fingerprint density at radius 2 is 2.15 bits per heavy atom. The number of ether oxygens (including phenoxy) is 1. The third-order valence-electron chi connectivity index (χ3n) is 4.22. The quantitative estimate of drug-likeness (QED) is 0.867. The summed E-state index contributed by atoms with van der Waals surface area (Å²) in [5.41, 5.74) is 1.01. The average molecular weight is 277 g/mol. The fourth-order valence-electron chi connectivity index (χ4n) is 2.88. The molecule has 4 nitrogen and oxygen atoms in total. The number of aromatic nitrogens is 1. The topological polar surface area (TPSA) is 37.4 Å². The van der Waals surface area contributed by atoms with Gasteiger partial charge in [-0.2, -0.15) is 0 Å². The number of nitrogens with zero attached hydrogens (tertiary/aromatic N) is 2. The summed E-state index contributed by atoms with van der Waals surface area (Å²) in [6.07, 6.45) is 4.32. The van der Waals surface area contributed by atoms with Crippen LogP contribution in [0.2, 0.25) is 0 Å². The first-order chi connectivity index (χ1) is 9.74. The lowest BCUT2D eigenvalue weighted by Gasteiger charge is -2.35. The maximum atomic E-state index is 5.58. The first kappa shape index (κ1) is 15.1. The molecule has 1 saturated heterocycles. The van der Waals surface area contributed by atoms with E-state index in [0.717, 1.165) is 11.6 Å². The van der Waals surface area contributed by atoms with Gasteiger partial charge in [0.1, 0.15) is 0 Å². The number of rotatable bonds is 6. The van der Waals surface area contributed by atoms with Crippen LogP contribution in [0.25, 0.3) is 0 Å². The minimum absolute atomic E-state index is 0.456. The molecular weight excluding hydrogens is 250 g/mol. The highest BCUT2D eigenvalue weighted by molar-refractivity contribution is 5.52. The van der Waals surface area contributed by atoms with Gasteiger partial charge in [0.15, 0.2) is 0 Å². The minimum atomic E-state index is 0.456. The standard InChI is InChI=1S/C16H27N3O/c1-4-19-11-8-14(9-12-19)13(3)18-15-7-6-10-17-16(15)20-5-2/h6-7,10,13-14,18H,4-5,8-9,11-12H2,1-3H3. The van der Waals surface area contributed by atoms with Gasteiger partial charge in [-0.25, -0.2) is 4.98 Å². The molecule has 1 N–H and O–H groups in total. The van der Waals surface area contributed by atoms with Crippen LogP contribution in [0.15, 0.2) is 18.3 Å². The van der Waals surface area contributed by atoms with Crippen molar-refractivity contribution >= 4 is 5.69 Å². The van der Waals surface area contributed by atoms with Crippen LogP contribution in [0, 0.1) is 5.92 Å². The normalized spacial score (nSPS) is 18.8. The van der Waals surface area contributed by atoms with Gasteiger partial charge in [-0.3, -0.25) is 0 Å². The van der Waals surface area contributed by atoms with Crippen LogP contribution in [0.3, 0.4) is 0 Å². The van der Waals surface area contributed by atoms with Crippen LogP contribution in [0.1, 0.15) is 33.6 Å². The fourth-order valence-corrected chi connectivity index (χ4v) is 2.88. The van der Waals surface area contributed by atoms with Crippen LogP contribution >= 0.6 is 0 Å². The Morgan fingerprint density at radius 1 is 1.40 bits per heavy atom. The molecule has 1 aliphatic heterocycles. The number of hydrogen-bond acceptors (Lipinski definition) is 4. The number of likely N-dealkylation sites (tertiary alicyclic amines) is 1. The molecule has 0 spiro atoms. The van der Waals surface area contributed by atoms with Crippen LogP contribution in [-0.2, 0) is 0 Å². The lowest BCUT2D eigenvalue weighted by atomic mass is 9.90. The number of nitrogens with one attached hydrogen (secondary N) is 1. The van der Waals surface area contributed by atoms with Crippen molar-refractivity contribution in [3.63, 3.8) is 0 Å². The number of anilines is 1. The van der Waals surface area contributed by atoms with Crippen molar-refractivity contribution in [1.82, 2.24) is 9.88 Å². The summed E-state index contributed by atoms with van der Waals surface area (Å²) in [7, 11) is 0. The summed E-state index contributed by atoms with van der Waals surface area (Å²) in [6.45, 7) is 10.8. The van der Waals surface area contributed by atoms with Gasteiger partial charge in [-0.15, -0.1) is 0 Å². The van der Waals surface area contributed by atoms with Crippen LogP contribution in [-0.4, -0.2) is 42.2 Å². The summed E-state index contributed by atoms with van der Waals surface area (Å²) in [5, 5.41) is 3.59. The molecule has 0 aliphatic carbocycles. The van der Waals surface area contributed by atoms with Crippen molar-refractivity contribution in [3.8, 4) is 5.88 Å². The van der Waals surface area contributed by atoms with E-state index in [1.54, 1.807) is 6.20 Å². The highest BCUT2D eigenvalue weighted by Gasteiger charge is 2.23. The third kappa shape index (κ3) is 3.85. The van der Waals surface area contributed by atoms with Crippen molar-refractivity contribution in [2.45, 2.75) is 39.7 Å². The molecule has 1 aromatic heterocycles. The monoisotopic (exact) mass is 277 g/mol. The van der Waals surface area contributed by atoms with E-state index in [1.165, 1.54) is 32.5 Å². The lowest BCUT2D eigenvalue weighted by molar-refractivity contribution is 0.183. The Balaban J connectivity index is 1.93. The van der Waals surface area contributed by atoms with Crippen molar-refractivity contribution in [3.05, 3.63) is 18.3 Å². The number of piperidine rings is 1. The van der Waals surface area contributed by atoms with Gasteiger partial charge < -0.3 is 15.0 Å².